The maximum Gasteiger partial charge on any atom is 0.305 e. The van der Waals surface area contributed by atoms with Crippen LogP contribution in [-0.4, -0.2) is 35.0 Å². The van der Waals surface area contributed by atoms with Crippen LogP contribution in [0.3, 0.4) is 0 Å². The maximum absolute atomic E-state index is 11.6. The molecule has 0 amide bonds. The molecule has 2 N–H and O–H groups in total. The van der Waals surface area contributed by atoms with Crippen molar-refractivity contribution in [1.29, 1.82) is 0 Å². The Balaban J connectivity index is 3.28. The van der Waals surface area contributed by atoms with Crippen LogP contribution in [0.25, 0.3) is 0 Å². The molecule has 0 aromatic heterocycles. The number of carbonyl (C=O) groups excluding carboxylic acids is 1. The number of unbranched alkanes of at least 4 members (excludes halogenated alkanes) is 12. The highest BCUT2D eigenvalue weighted by molar-refractivity contribution is 5.69. The third kappa shape index (κ3) is 18.2. The van der Waals surface area contributed by atoms with Gasteiger partial charge in [-0.3, -0.25) is 4.79 Å². The van der Waals surface area contributed by atoms with Crippen LogP contribution in [0, 0.1) is 0 Å². The number of aliphatic hydroxyl groups is 2. The molecule has 0 rings (SSSR count). The number of carbonyl (C=O) groups is 1. The smallest absolute Gasteiger partial charge is 0.305 e. The normalized spacial score (nSPS) is 13.5. The van der Waals surface area contributed by atoms with E-state index in [1.54, 1.807) is 6.92 Å². The van der Waals surface area contributed by atoms with Gasteiger partial charge in [0.2, 0.25) is 0 Å². The summed E-state index contributed by atoms with van der Waals surface area (Å²) in [5, 5.41) is 18.7. The van der Waals surface area contributed by atoms with Crippen LogP contribution in [0.4, 0.5) is 0 Å². The summed E-state index contributed by atoms with van der Waals surface area (Å²) in [6.07, 6.45) is 18.0. The van der Waals surface area contributed by atoms with E-state index < -0.39 is 5.60 Å². The summed E-state index contributed by atoms with van der Waals surface area (Å²) in [6.45, 7) is 4.09. The van der Waals surface area contributed by atoms with E-state index in [0.717, 1.165) is 12.8 Å². The molecule has 0 aliphatic carbocycles. The lowest BCUT2D eigenvalue weighted by Crippen LogP contribution is -2.27. The molecule has 0 heterocycles. The topological polar surface area (TPSA) is 66.8 Å². The zero-order valence-electron chi connectivity index (χ0n) is 17.4. The van der Waals surface area contributed by atoms with Crippen LogP contribution in [0.5, 0.6) is 0 Å². The molecule has 0 aliphatic heterocycles. The highest BCUT2D eigenvalue weighted by atomic mass is 16.5. The van der Waals surface area contributed by atoms with E-state index >= 15 is 0 Å². The van der Waals surface area contributed by atoms with Crippen molar-refractivity contribution in [2.24, 2.45) is 0 Å². The third-order valence-corrected chi connectivity index (χ3v) is 5.04. The van der Waals surface area contributed by atoms with Gasteiger partial charge < -0.3 is 14.9 Å². The molecule has 0 bridgehead atoms. The quantitative estimate of drug-likeness (QED) is 0.231. The predicted molar refractivity (Wildman–Crippen MR) is 108 cm³/mol. The SMILES string of the molecule is CCCCCCCCCCCCCCCC(=O)OCCC(C)(O)CCO. The number of rotatable bonds is 19. The van der Waals surface area contributed by atoms with Crippen LogP contribution in [0.1, 0.15) is 117 Å². The van der Waals surface area contributed by atoms with E-state index in [-0.39, 0.29) is 19.2 Å². The molecule has 0 saturated heterocycles. The molecule has 0 aliphatic rings. The highest BCUT2D eigenvalue weighted by Gasteiger charge is 2.19. The van der Waals surface area contributed by atoms with Gasteiger partial charge in [-0.25, -0.2) is 0 Å². The molecular formula is C22H44O4. The van der Waals surface area contributed by atoms with Crippen molar-refractivity contribution < 1.29 is 19.7 Å². The van der Waals surface area contributed by atoms with Crippen molar-refractivity contribution >= 4 is 5.97 Å². The molecule has 4 heteroatoms. The average molecular weight is 373 g/mol. The zero-order valence-corrected chi connectivity index (χ0v) is 17.4. The van der Waals surface area contributed by atoms with Crippen LogP contribution in [-0.2, 0) is 9.53 Å². The fourth-order valence-electron chi connectivity index (χ4n) is 3.11. The summed E-state index contributed by atoms with van der Waals surface area (Å²) in [5.41, 5.74) is -0.954. The Kier molecular flexibility index (Phi) is 17.4. The molecule has 0 radical (unpaired) electrons. The minimum absolute atomic E-state index is 0.0556. The number of hydrogen-bond donors (Lipinski definition) is 2. The Labute approximate surface area is 161 Å². The molecule has 156 valence electrons. The van der Waals surface area contributed by atoms with Gasteiger partial charge in [0.25, 0.3) is 0 Å². The Bertz CT molecular complexity index is 315. The first-order valence-electron chi connectivity index (χ1n) is 11.0. The summed E-state index contributed by atoms with van der Waals surface area (Å²) in [4.78, 5) is 11.6. The fraction of sp³-hybridized carbons (Fsp3) is 0.955. The van der Waals surface area contributed by atoms with E-state index in [4.69, 9.17) is 9.84 Å². The Hall–Kier alpha value is -0.610. The number of ether oxygens (including phenoxy) is 1. The van der Waals surface area contributed by atoms with Crippen LogP contribution in [0.2, 0.25) is 0 Å². The second-order valence-corrected chi connectivity index (χ2v) is 7.93. The molecular weight excluding hydrogens is 328 g/mol. The van der Waals surface area contributed by atoms with Gasteiger partial charge in [0.15, 0.2) is 0 Å². The molecule has 0 saturated carbocycles. The van der Waals surface area contributed by atoms with Crippen LogP contribution >= 0.6 is 0 Å². The van der Waals surface area contributed by atoms with E-state index in [1.807, 2.05) is 0 Å². The molecule has 0 aromatic rings. The van der Waals surface area contributed by atoms with Crippen molar-refractivity contribution in [3.63, 3.8) is 0 Å². The van der Waals surface area contributed by atoms with Crippen LogP contribution < -0.4 is 0 Å². The van der Waals surface area contributed by atoms with Gasteiger partial charge in [0.05, 0.1) is 12.2 Å². The maximum atomic E-state index is 11.6. The molecule has 1 unspecified atom stereocenters. The standard InChI is InChI=1S/C22H44O4/c1-3-4-5-6-7-8-9-10-11-12-13-14-15-16-21(24)26-20-18-22(2,25)17-19-23/h23,25H,3-20H2,1-2H3. The summed E-state index contributed by atoms with van der Waals surface area (Å²) in [5.74, 6) is -0.173. The zero-order chi connectivity index (χ0) is 19.5. The van der Waals surface area contributed by atoms with Gasteiger partial charge in [-0.2, -0.15) is 0 Å². The van der Waals surface area contributed by atoms with Crippen molar-refractivity contribution in [3.8, 4) is 0 Å². The molecule has 0 spiro atoms. The van der Waals surface area contributed by atoms with Crippen molar-refractivity contribution in [1.82, 2.24) is 0 Å². The molecule has 26 heavy (non-hydrogen) atoms. The first-order chi connectivity index (χ1) is 12.5. The highest BCUT2D eigenvalue weighted by Crippen LogP contribution is 2.15. The average Bonchev–Trinajstić information content (AvgIpc) is 2.58. The lowest BCUT2D eigenvalue weighted by Gasteiger charge is -2.21. The van der Waals surface area contributed by atoms with Gasteiger partial charge in [-0.1, -0.05) is 84.0 Å². The largest absolute Gasteiger partial charge is 0.466 e. The van der Waals surface area contributed by atoms with Crippen molar-refractivity contribution in [2.45, 2.75) is 122 Å². The second kappa shape index (κ2) is 17.8. The van der Waals surface area contributed by atoms with Crippen LogP contribution in [0.15, 0.2) is 0 Å². The van der Waals surface area contributed by atoms with Gasteiger partial charge >= 0.3 is 5.97 Å². The number of esters is 1. The first kappa shape index (κ1) is 25.4. The van der Waals surface area contributed by atoms with Gasteiger partial charge in [-0.05, 0) is 19.8 Å². The van der Waals surface area contributed by atoms with Crippen molar-refractivity contribution in [3.05, 3.63) is 0 Å². The second-order valence-electron chi connectivity index (χ2n) is 7.93. The Morgan fingerprint density at radius 2 is 1.27 bits per heavy atom. The molecule has 1 atom stereocenters. The van der Waals surface area contributed by atoms with Gasteiger partial charge in [0.1, 0.15) is 0 Å². The Morgan fingerprint density at radius 1 is 0.808 bits per heavy atom. The predicted octanol–water partition coefficient (Wildman–Crippen LogP) is 5.53. The molecule has 0 fully saturated rings. The Morgan fingerprint density at radius 3 is 1.73 bits per heavy atom. The summed E-state index contributed by atoms with van der Waals surface area (Å²) < 4.78 is 5.15. The van der Waals surface area contributed by atoms with E-state index in [9.17, 15) is 9.90 Å². The summed E-state index contributed by atoms with van der Waals surface area (Å²) in [6, 6.07) is 0. The van der Waals surface area contributed by atoms with Gasteiger partial charge in [-0.15, -0.1) is 0 Å². The van der Waals surface area contributed by atoms with Gasteiger partial charge in [0, 0.05) is 19.4 Å². The number of aliphatic hydroxyl groups excluding tert-OH is 1. The van der Waals surface area contributed by atoms with E-state index in [0.29, 0.717) is 19.3 Å². The lowest BCUT2D eigenvalue weighted by molar-refractivity contribution is -0.145. The minimum atomic E-state index is -0.954. The third-order valence-electron chi connectivity index (χ3n) is 5.04. The number of hydrogen-bond acceptors (Lipinski definition) is 4. The van der Waals surface area contributed by atoms with Crippen molar-refractivity contribution in [2.75, 3.05) is 13.2 Å². The van der Waals surface area contributed by atoms with E-state index in [1.165, 1.54) is 70.6 Å². The first-order valence-corrected chi connectivity index (χ1v) is 11.0. The summed E-state index contributed by atoms with van der Waals surface area (Å²) >= 11 is 0. The van der Waals surface area contributed by atoms with E-state index in [2.05, 4.69) is 6.92 Å². The molecule has 0 aromatic carbocycles. The summed E-state index contributed by atoms with van der Waals surface area (Å²) in [7, 11) is 0. The fourth-order valence-corrected chi connectivity index (χ4v) is 3.11. The lowest BCUT2D eigenvalue weighted by atomic mass is 9.99. The monoisotopic (exact) mass is 372 g/mol. The molecule has 4 nitrogen and oxygen atoms in total. The minimum Gasteiger partial charge on any atom is -0.466 e.